The lowest BCUT2D eigenvalue weighted by molar-refractivity contribution is -0.140. The second kappa shape index (κ2) is 5.86. The van der Waals surface area contributed by atoms with Gasteiger partial charge in [0.2, 0.25) is 0 Å². The third-order valence-corrected chi connectivity index (χ3v) is 2.14. The Morgan fingerprint density at radius 2 is 1.81 bits per heavy atom. The summed E-state index contributed by atoms with van der Waals surface area (Å²) in [5.41, 5.74) is 0.577. The molecule has 0 fully saturated rings. The molecule has 0 radical (unpaired) electrons. The summed E-state index contributed by atoms with van der Waals surface area (Å²) in [5, 5.41) is 11.3. The highest BCUT2D eigenvalue weighted by Gasteiger charge is 2.32. The minimum Gasteiger partial charge on any atom is -0.395 e. The normalized spacial score (nSPS) is 13.8. The summed E-state index contributed by atoms with van der Waals surface area (Å²) in [6.07, 6.45) is -5.15. The SMILES string of the molecule is OCCNC(CC(F)(F)F)c1ccccc1. The van der Waals surface area contributed by atoms with Gasteiger partial charge in [0.05, 0.1) is 13.0 Å². The lowest BCUT2D eigenvalue weighted by Gasteiger charge is -2.20. The minimum atomic E-state index is -4.22. The van der Waals surface area contributed by atoms with Crippen LogP contribution in [0.3, 0.4) is 0 Å². The van der Waals surface area contributed by atoms with E-state index in [2.05, 4.69) is 5.32 Å². The monoisotopic (exact) mass is 233 g/mol. The Morgan fingerprint density at radius 3 is 2.31 bits per heavy atom. The van der Waals surface area contributed by atoms with Crippen molar-refractivity contribution < 1.29 is 18.3 Å². The van der Waals surface area contributed by atoms with Gasteiger partial charge in [-0.25, -0.2) is 0 Å². The molecule has 1 rings (SSSR count). The van der Waals surface area contributed by atoms with Crippen molar-refractivity contribution in [3.63, 3.8) is 0 Å². The number of benzene rings is 1. The Hall–Kier alpha value is -1.07. The maximum atomic E-state index is 12.3. The molecule has 0 saturated carbocycles. The van der Waals surface area contributed by atoms with Crippen molar-refractivity contribution in [1.29, 1.82) is 0 Å². The van der Waals surface area contributed by atoms with Crippen LogP contribution in [0.2, 0.25) is 0 Å². The maximum absolute atomic E-state index is 12.3. The Labute approximate surface area is 92.1 Å². The molecule has 1 aromatic rings. The van der Waals surface area contributed by atoms with E-state index in [9.17, 15) is 13.2 Å². The average Bonchev–Trinajstić information content (AvgIpc) is 2.24. The van der Waals surface area contributed by atoms with Crippen molar-refractivity contribution in [2.75, 3.05) is 13.2 Å². The molecular formula is C11H14F3NO. The van der Waals surface area contributed by atoms with E-state index in [4.69, 9.17) is 5.11 Å². The minimum absolute atomic E-state index is 0.148. The fourth-order valence-corrected chi connectivity index (χ4v) is 1.46. The first-order chi connectivity index (χ1) is 7.53. The standard InChI is InChI=1S/C11H14F3NO/c12-11(13,14)8-10(15-6-7-16)9-4-2-1-3-5-9/h1-5,10,15-16H,6-8H2. The number of alkyl halides is 3. The summed E-state index contributed by atoms with van der Waals surface area (Å²) < 4.78 is 36.9. The first kappa shape index (κ1) is 13.0. The summed E-state index contributed by atoms with van der Waals surface area (Å²) in [6.45, 7) is -0.0309. The van der Waals surface area contributed by atoms with E-state index in [1.165, 1.54) is 0 Å². The lowest BCUT2D eigenvalue weighted by Crippen LogP contribution is -2.28. The zero-order chi connectivity index (χ0) is 12.0. The zero-order valence-corrected chi connectivity index (χ0v) is 8.67. The van der Waals surface area contributed by atoms with E-state index in [0.717, 1.165) is 0 Å². The first-order valence-electron chi connectivity index (χ1n) is 4.99. The van der Waals surface area contributed by atoms with Crippen molar-refractivity contribution in [2.45, 2.75) is 18.6 Å². The Bertz CT molecular complexity index is 300. The van der Waals surface area contributed by atoms with Crippen LogP contribution in [0.5, 0.6) is 0 Å². The van der Waals surface area contributed by atoms with Gasteiger partial charge in [-0.3, -0.25) is 0 Å². The van der Waals surface area contributed by atoms with Crippen molar-refractivity contribution >= 4 is 0 Å². The van der Waals surface area contributed by atoms with Crippen LogP contribution >= 0.6 is 0 Å². The zero-order valence-electron chi connectivity index (χ0n) is 8.67. The van der Waals surface area contributed by atoms with Crippen LogP contribution in [0.25, 0.3) is 0 Å². The number of aliphatic hydroxyl groups excluding tert-OH is 1. The van der Waals surface area contributed by atoms with Gasteiger partial charge in [0.1, 0.15) is 0 Å². The maximum Gasteiger partial charge on any atom is 0.390 e. The highest BCUT2D eigenvalue weighted by molar-refractivity contribution is 5.19. The number of nitrogens with one attached hydrogen (secondary N) is 1. The van der Waals surface area contributed by atoms with Gasteiger partial charge in [-0.2, -0.15) is 13.2 Å². The molecule has 0 saturated heterocycles. The van der Waals surface area contributed by atoms with Gasteiger partial charge in [0, 0.05) is 12.6 Å². The number of rotatable bonds is 5. The molecule has 1 aromatic carbocycles. The summed E-state index contributed by atoms with van der Waals surface area (Å²) in [5.74, 6) is 0. The number of aliphatic hydroxyl groups is 1. The smallest absolute Gasteiger partial charge is 0.390 e. The molecule has 0 aliphatic carbocycles. The summed E-state index contributed by atoms with van der Waals surface area (Å²) >= 11 is 0. The van der Waals surface area contributed by atoms with E-state index in [1.54, 1.807) is 30.3 Å². The largest absolute Gasteiger partial charge is 0.395 e. The molecule has 2 nitrogen and oxygen atoms in total. The molecular weight excluding hydrogens is 219 g/mol. The summed E-state index contributed by atoms with van der Waals surface area (Å²) in [4.78, 5) is 0. The molecule has 0 aliphatic rings. The van der Waals surface area contributed by atoms with Crippen LogP contribution in [0.4, 0.5) is 13.2 Å². The molecule has 5 heteroatoms. The first-order valence-corrected chi connectivity index (χ1v) is 4.99. The van der Waals surface area contributed by atoms with Crippen LogP contribution in [0.15, 0.2) is 30.3 Å². The lowest BCUT2D eigenvalue weighted by atomic mass is 10.0. The second-order valence-corrected chi connectivity index (χ2v) is 3.46. The molecule has 0 spiro atoms. The fourth-order valence-electron chi connectivity index (χ4n) is 1.46. The van der Waals surface area contributed by atoms with Gasteiger partial charge in [0.15, 0.2) is 0 Å². The topological polar surface area (TPSA) is 32.3 Å². The molecule has 1 unspecified atom stereocenters. The molecule has 0 amide bonds. The van der Waals surface area contributed by atoms with Crippen molar-refractivity contribution in [1.82, 2.24) is 5.32 Å². The molecule has 90 valence electrons. The number of hydrogen-bond acceptors (Lipinski definition) is 2. The predicted octanol–water partition coefficient (Wildman–Crippen LogP) is 2.26. The number of hydrogen-bond donors (Lipinski definition) is 2. The van der Waals surface area contributed by atoms with Gasteiger partial charge in [0.25, 0.3) is 0 Å². The molecule has 0 aliphatic heterocycles. The van der Waals surface area contributed by atoms with Gasteiger partial charge in [-0.1, -0.05) is 30.3 Å². The quantitative estimate of drug-likeness (QED) is 0.817. The Morgan fingerprint density at radius 1 is 1.19 bits per heavy atom. The molecule has 16 heavy (non-hydrogen) atoms. The van der Waals surface area contributed by atoms with Gasteiger partial charge in [-0.05, 0) is 5.56 Å². The fraction of sp³-hybridized carbons (Fsp3) is 0.455. The Balaban J connectivity index is 2.71. The van der Waals surface area contributed by atoms with E-state index < -0.39 is 18.6 Å². The molecule has 0 bridgehead atoms. The highest BCUT2D eigenvalue weighted by atomic mass is 19.4. The summed E-state index contributed by atoms with van der Waals surface area (Å²) in [7, 11) is 0. The van der Waals surface area contributed by atoms with E-state index in [0.29, 0.717) is 5.56 Å². The third-order valence-electron chi connectivity index (χ3n) is 2.14. The van der Waals surface area contributed by atoms with E-state index >= 15 is 0 Å². The molecule has 2 N–H and O–H groups in total. The van der Waals surface area contributed by atoms with Crippen LogP contribution < -0.4 is 5.32 Å². The summed E-state index contributed by atoms with van der Waals surface area (Å²) in [6, 6.07) is 7.62. The Kier molecular flexibility index (Phi) is 4.76. The predicted molar refractivity (Wildman–Crippen MR) is 54.9 cm³/mol. The third kappa shape index (κ3) is 4.63. The van der Waals surface area contributed by atoms with Crippen molar-refractivity contribution in [3.8, 4) is 0 Å². The van der Waals surface area contributed by atoms with Crippen molar-refractivity contribution in [3.05, 3.63) is 35.9 Å². The highest BCUT2D eigenvalue weighted by Crippen LogP contribution is 2.29. The van der Waals surface area contributed by atoms with Crippen molar-refractivity contribution in [2.24, 2.45) is 0 Å². The van der Waals surface area contributed by atoms with Gasteiger partial charge in [-0.15, -0.1) is 0 Å². The molecule has 0 aromatic heterocycles. The van der Waals surface area contributed by atoms with Gasteiger partial charge < -0.3 is 10.4 Å². The second-order valence-electron chi connectivity index (χ2n) is 3.46. The van der Waals surface area contributed by atoms with E-state index in [1.807, 2.05) is 0 Å². The van der Waals surface area contributed by atoms with Crippen LogP contribution in [0.1, 0.15) is 18.0 Å². The van der Waals surface area contributed by atoms with Gasteiger partial charge >= 0.3 is 6.18 Å². The van der Waals surface area contributed by atoms with Crippen LogP contribution in [-0.2, 0) is 0 Å². The van der Waals surface area contributed by atoms with Crippen LogP contribution in [-0.4, -0.2) is 24.4 Å². The van der Waals surface area contributed by atoms with Crippen LogP contribution in [0, 0.1) is 0 Å². The molecule has 0 heterocycles. The number of halogens is 3. The van der Waals surface area contributed by atoms with E-state index in [-0.39, 0.29) is 13.2 Å². The average molecular weight is 233 g/mol. The molecule has 1 atom stereocenters.